The summed E-state index contributed by atoms with van der Waals surface area (Å²) in [6.45, 7) is 2.14. The van der Waals surface area contributed by atoms with Crippen molar-refractivity contribution in [2.45, 2.75) is 44.6 Å². The molecular formula is C20H20FN3O2S. The summed E-state index contributed by atoms with van der Waals surface area (Å²) in [6.07, 6.45) is 3.10. The zero-order valence-electron chi connectivity index (χ0n) is 15.0. The zero-order valence-corrected chi connectivity index (χ0v) is 15.8. The average Bonchev–Trinajstić information content (AvgIpc) is 3.41. The number of aromatic nitrogens is 2. The molecule has 2 aromatic heterocycles. The molecule has 3 aromatic rings. The summed E-state index contributed by atoms with van der Waals surface area (Å²) in [4.78, 5) is 15.1. The highest BCUT2D eigenvalue weighted by atomic mass is 32.1. The highest BCUT2D eigenvalue weighted by Gasteiger charge is 2.44. The molecule has 27 heavy (non-hydrogen) atoms. The Morgan fingerprint density at radius 3 is 2.70 bits per heavy atom. The Morgan fingerprint density at radius 1 is 1.22 bits per heavy atom. The van der Waals surface area contributed by atoms with Crippen LogP contribution in [-0.4, -0.2) is 16.1 Å². The van der Waals surface area contributed by atoms with Gasteiger partial charge in [-0.05, 0) is 38.0 Å². The minimum absolute atomic E-state index is 0.131. The molecule has 1 N–H and O–H groups in total. The molecule has 1 fully saturated rings. The standard InChI is InChI=1S/C20H20FN3O2S/c1-13-8-9-16(27-13)18-24-23-17(26-18)12-22-19(25)20(10-4-5-11-20)14-6-2-3-7-15(14)21/h2-3,6-9H,4-5,10-12H2,1H3,(H,22,25). The minimum Gasteiger partial charge on any atom is -0.418 e. The quantitative estimate of drug-likeness (QED) is 0.708. The van der Waals surface area contributed by atoms with E-state index in [0.29, 0.717) is 30.2 Å². The van der Waals surface area contributed by atoms with E-state index in [2.05, 4.69) is 15.5 Å². The minimum atomic E-state index is -0.820. The largest absolute Gasteiger partial charge is 0.418 e. The lowest BCUT2D eigenvalue weighted by atomic mass is 9.77. The number of carbonyl (C=O) groups excluding carboxylic acids is 1. The summed E-state index contributed by atoms with van der Waals surface area (Å²) >= 11 is 1.57. The highest BCUT2D eigenvalue weighted by molar-refractivity contribution is 7.15. The summed E-state index contributed by atoms with van der Waals surface area (Å²) < 4.78 is 20.0. The van der Waals surface area contributed by atoms with Crippen LogP contribution in [0, 0.1) is 12.7 Å². The molecule has 1 aromatic carbocycles. The van der Waals surface area contributed by atoms with E-state index in [1.54, 1.807) is 29.5 Å². The number of aryl methyl sites for hydroxylation is 1. The molecule has 1 aliphatic carbocycles. The Bertz CT molecular complexity index is 960. The van der Waals surface area contributed by atoms with Crippen LogP contribution < -0.4 is 5.32 Å². The number of rotatable bonds is 5. The Labute approximate surface area is 160 Å². The first-order valence-electron chi connectivity index (χ1n) is 9.01. The van der Waals surface area contributed by atoms with Crippen molar-refractivity contribution in [3.63, 3.8) is 0 Å². The van der Waals surface area contributed by atoms with Crippen LogP contribution in [0.1, 0.15) is 42.0 Å². The van der Waals surface area contributed by atoms with E-state index in [-0.39, 0.29) is 18.3 Å². The Kier molecular flexibility index (Phi) is 4.78. The molecule has 0 bridgehead atoms. The zero-order chi connectivity index (χ0) is 18.9. The monoisotopic (exact) mass is 385 g/mol. The lowest BCUT2D eigenvalue weighted by Gasteiger charge is -2.28. The summed E-state index contributed by atoms with van der Waals surface area (Å²) in [7, 11) is 0. The molecule has 0 saturated heterocycles. The molecule has 7 heteroatoms. The predicted octanol–water partition coefficient (Wildman–Crippen LogP) is 4.37. The van der Waals surface area contributed by atoms with Crippen LogP contribution in [-0.2, 0) is 16.8 Å². The van der Waals surface area contributed by atoms with E-state index in [0.717, 1.165) is 22.6 Å². The van der Waals surface area contributed by atoms with Gasteiger partial charge < -0.3 is 9.73 Å². The van der Waals surface area contributed by atoms with Crippen LogP contribution in [0.25, 0.3) is 10.8 Å². The van der Waals surface area contributed by atoms with Crippen molar-refractivity contribution in [3.05, 3.63) is 58.5 Å². The number of thiophene rings is 1. The third-order valence-electron chi connectivity index (χ3n) is 5.10. The van der Waals surface area contributed by atoms with Gasteiger partial charge in [0.25, 0.3) is 5.89 Å². The van der Waals surface area contributed by atoms with Gasteiger partial charge in [0.2, 0.25) is 11.8 Å². The number of halogens is 1. The van der Waals surface area contributed by atoms with Gasteiger partial charge in [-0.1, -0.05) is 31.0 Å². The van der Waals surface area contributed by atoms with Gasteiger partial charge in [0.1, 0.15) is 5.82 Å². The first-order chi connectivity index (χ1) is 13.1. The average molecular weight is 385 g/mol. The smallest absolute Gasteiger partial charge is 0.257 e. The maximum Gasteiger partial charge on any atom is 0.257 e. The fraction of sp³-hybridized carbons (Fsp3) is 0.350. The van der Waals surface area contributed by atoms with E-state index < -0.39 is 5.41 Å². The number of nitrogens with one attached hydrogen (secondary N) is 1. The summed E-state index contributed by atoms with van der Waals surface area (Å²) in [5, 5.41) is 10.9. The highest BCUT2D eigenvalue weighted by Crippen LogP contribution is 2.42. The third-order valence-corrected chi connectivity index (χ3v) is 6.09. The van der Waals surface area contributed by atoms with E-state index in [4.69, 9.17) is 4.42 Å². The van der Waals surface area contributed by atoms with Crippen molar-refractivity contribution < 1.29 is 13.6 Å². The summed E-state index contributed by atoms with van der Waals surface area (Å²) in [5.41, 5.74) is -0.348. The van der Waals surface area contributed by atoms with E-state index in [1.165, 1.54) is 6.07 Å². The van der Waals surface area contributed by atoms with Gasteiger partial charge in [0.15, 0.2) is 0 Å². The Morgan fingerprint density at radius 2 is 2.00 bits per heavy atom. The fourth-order valence-electron chi connectivity index (χ4n) is 3.75. The number of amides is 1. The van der Waals surface area contributed by atoms with Gasteiger partial charge in [0.05, 0.1) is 16.8 Å². The molecule has 1 saturated carbocycles. The second kappa shape index (κ2) is 7.23. The molecular weight excluding hydrogens is 365 g/mol. The van der Waals surface area contributed by atoms with Crippen molar-refractivity contribution in [1.82, 2.24) is 15.5 Å². The number of nitrogens with zero attached hydrogens (tertiary/aromatic N) is 2. The normalized spacial score (nSPS) is 15.8. The maximum absolute atomic E-state index is 14.4. The second-order valence-electron chi connectivity index (χ2n) is 6.86. The molecule has 5 nitrogen and oxygen atoms in total. The third kappa shape index (κ3) is 3.39. The van der Waals surface area contributed by atoms with Crippen LogP contribution in [0.2, 0.25) is 0 Å². The topological polar surface area (TPSA) is 68.0 Å². The van der Waals surface area contributed by atoms with Crippen LogP contribution in [0.5, 0.6) is 0 Å². The molecule has 4 rings (SSSR count). The number of hydrogen-bond donors (Lipinski definition) is 1. The molecule has 140 valence electrons. The number of benzene rings is 1. The van der Waals surface area contributed by atoms with Crippen LogP contribution >= 0.6 is 11.3 Å². The SMILES string of the molecule is Cc1ccc(-c2nnc(CNC(=O)C3(c4ccccc4F)CCCC3)o2)s1. The lowest BCUT2D eigenvalue weighted by Crippen LogP contribution is -2.43. The molecule has 1 amide bonds. The first-order valence-corrected chi connectivity index (χ1v) is 9.83. The molecule has 0 radical (unpaired) electrons. The van der Waals surface area contributed by atoms with Crippen molar-refractivity contribution in [2.75, 3.05) is 0 Å². The first kappa shape index (κ1) is 17.9. The second-order valence-corrected chi connectivity index (χ2v) is 8.15. The van der Waals surface area contributed by atoms with Crippen molar-refractivity contribution >= 4 is 17.2 Å². The molecule has 0 unspecified atom stereocenters. The molecule has 0 spiro atoms. The van der Waals surface area contributed by atoms with E-state index >= 15 is 0 Å². The van der Waals surface area contributed by atoms with Crippen molar-refractivity contribution in [3.8, 4) is 10.8 Å². The van der Waals surface area contributed by atoms with E-state index in [9.17, 15) is 9.18 Å². The Hall–Kier alpha value is -2.54. The Balaban J connectivity index is 1.50. The van der Waals surface area contributed by atoms with Gasteiger partial charge in [-0.3, -0.25) is 4.79 Å². The molecule has 2 heterocycles. The number of hydrogen-bond acceptors (Lipinski definition) is 5. The predicted molar refractivity (Wildman–Crippen MR) is 101 cm³/mol. The summed E-state index contributed by atoms with van der Waals surface area (Å²) in [6, 6.07) is 10.5. The van der Waals surface area contributed by atoms with Gasteiger partial charge >= 0.3 is 0 Å². The van der Waals surface area contributed by atoms with Gasteiger partial charge in [-0.2, -0.15) is 0 Å². The van der Waals surface area contributed by atoms with Crippen LogP contribution in [0.15, 0.2) is 40.8 Å². The van der Waals surface area contributed by atoms with Gasteiger partial charge in [-0.15, -0.1) is 21.5 Å². The van der Waals surface area contributed by atoms with Crippen molar-refractivity contribution in [2.24, 2.45) is 0 Å². The fourth-order valence-corrected chi connectivity index (χ4v) is 4.53. The molecule has 0 aliphatic heterocycles. The molecule has 1 aliphatic rings. The van der Waals surface area contributed by atoms with Gasteiger partial charge in [-0.25, -0.2) is 4.39 Å². The van der Waals surface area contributed by atoms with E-state index in [1.807, 2.05) is 19.1 Å². The van der Waals surface area contributed by atoms with Crippen LogP contribution in [0.3, 0.4) is 0 Å². The maximum atomic E-state index is 14.4. The van der Waals surface area contributed by atoms with Gasteiger partial charge in [0, 0.05) is 10.4 Å². The van der Waals surface area contributed by atoms with Crippen molar-refractivity contribution in [1.29, 1.82) is 0 Å². The molecule has 0 atom stereocenters. The lowest BCUT2D eigenvalue weighted by molar-refractivity contribution is -0.127. The summed E-state index contributed by atoms with van der Waals surface area (Å²) in [5.74, 6) is 0.271. The van der Waals surface area contributed by atoms with Crippen LogP contribution in [0.4, 0.5) is 4.39 Å². The number of carbonyl (C=O) groups is 1.